The molecule has 0 unspecified atom stereocenters. The van der Waals surface area contributed by atoms with Crippen molar-refractivity contribution in [2.75, 3.05) is 0 Å². The number of phenols is 5. The highest BCUT2D eigenvalue weighted by atomic mass is 16.4. The van der Waals surface area contributed by atoms with Gasteiger partial charge in [-0.3, -0.25) is 0 Å². The minimum absolute atomic E-state index is 0.232. The van der Waals surface area contributed by atoms with Crippen LogP contribution < -0.4 is 0 Å². The van der Waals surface area contributed by atoms with Gasteiger partial charge in [-0.05, 0) is 82.5 Å². The normalized spacial score (nSPS) is 11.9. The Labute approximate surface area is 318 Å². The van der Waals surface area contributed by atoms with Gasteiger partial charge in [-0.2, -0.15) is 0 Å². The maximum absolute atomic E-state index is 10.8. The highest BCUT2D eigenvalue weighted by Gasteiger charge is 2.27. The summed E-state index contributed by atoms with van der Waals surface area (Å²) in [5.74, 6) is -4.47. The molecule has 5 N–H and O–H groups in total. The highest BCUT2D eigenvalue weighted by Crippen LogP contribution is 2.56. The molecule has 6 heteroatoms. The third-order valence-corrected chi connectivity index (χ3v) is 11.4. The summed E-state index contributed by atoms with van der Waals surface area (Å²) in [5, 5.41) is 63.4. The molecule has 1 aromatic heterocycles. The molecule has 11 rings (SSSR count). The first-order valence-corrected chi connectivity index (χ1v) is 18.3. The van der Waals surface area contributed by atoms with Crippen molar-refractivity contribution in [1.29, 1.82) is 0 Å². The molecular weight excluding hydrogens is 697 g/mol. The van der Waals surface area contributed by atoms with Crippen molar-refractivity contribution in [2.45, 2.75) is 0 Å². The monoisotopic (exact) mass is 726 g/mol. The standard InChI is InChI=1S/C50H30O6/c51-45-44(46(52)48(54)49(55)47(45)53)39-14-6-13-38-43-35(12-7-15-40(43)56-50(38)39)34-25-24-32(30-10-4-5-11-31(30)34)33-21-17-28-18-22-36-29(26-8-2-1-3-9-26)20-16-27-19-23-37(33)42(28)41(27)36/h1-25,51-55H. The summed E-state index contributed by atoms with van der Waals surface area (Å²) in [5.41, 5.74) is 7.48. The number of fused-ring (bicyclic) bond motifs is 4. The van der Waals surface area contributed by atoms with Crippen LogP contribution in [0.1, 0.15) is 0 Å². The van der Waals surface area contributed by atoms with Crippen LogP contribution in [0, 0.1) is 0 Å². The molecule has 0 saturated carbocycles. The van der Waals surface area contributed by atoms with Gasteiger partial charge >= 0.3 is 0 Å². The first kappa shape index (κ1) is 31.8. The number of aromatic hydroxyl groups is 5. The zero-order chi connectivity index (χ0) is 37.8. The van der Waals surface area contributed by atoms with Crippen LogP contribution in [0.25, 0.3) is 110 Å². The minimum atomic E-state index is -1.02. The molecule has 0 radical (unpaired) electrons. The maximum Gasteiger partial charge on any atom is 0.208 e. The van der Waals surface area contributed by atoms with Crippen LogP contribution >= 0.6 is 0 Å². The second-order valence-corrected chi connectivity index (χ2v) is 14.3. The molecule has 1 heterocycles. The van der Waals surface area contributed by atoms with Gasteiger partial charge in [0.25, 0.3) is 0 Å². The number of rotatable bonds is 4. The predicted molar refractivity (Wildman–Crippen MR) is 225 cm³/mol. The molecule has 6 nitrogen and oxygen atoms in total. The number of hydrogen-bond donors (Lipinski definition) is 5. The molecule has 11 aromatic rings. The van der Waals surface area contributed by atoms with E-state index in [0.29, 0.717) is 16.6 Å². The van der Waals surface area contributed by atoms with Crippen molar-refractivity contribution in [2.24, 2.45) is 0 Å². The number of benzene rings is 10. The zero-order valence-electron chi connectivity index (χ0n) is 29.6. The molecule has 0 spiro atoms. The molecule has 0 bridgehead atoms. The third kappa shape index (κ3) is 4.32. The summed E-state index contributed by atoms with van der Waals surface area (Å²) >= 11 is 0. The van der Waals surface area contributed by atoms with Crippen molar-refractivity contribution >= 4 is 65.0 Å². The summed E-state index contributed by atoms with van der Waals surface area (Å²) in [4.78, 5) is 0. The average Bonchev–Trinajstić information content (AvgIpc) is 3.64. The van der Waals surface area contributed by atoms with E-state index < -0.39 is 28.7 Å². The van der Waals surface area contributed by atoms with E-state index in [-0.39, 0.29) is 11.1 Å². The summed E-state index contributed by atoms with van der Waals surface area (Å²) in [7, 11) is 0. The Hall–Kier alpha value is -7.70. The quantitative estimate of drug-likeness (QED) is 0.0701. The predicted octanol–water partition coefficient (Wildman–Crippen LogP) is 12.8. The fraction of sp³-hybridized carbons (Fsp3) is 0. The van der Waals surface area contributed by atoms with Crippen LogP contribution in [0.4, 0.5) is 0 Å². The molecular formula is C50H30O6. The Balaban J connectivity index is 1.13. The van der Waals surface area contributed by atoms with Crippen molar-refractivity contribution in [3.63, 3.8) is 0 Å². The summed E-state index contributed by atoms with van der Waals surface area (Å²) in [6.45, 7) is 0. The lowest BCUT2D eigenvalue weighted by atomic mass is 9.85. The molecule has 0 fully saturated rings. The largest absolute Gasteiger partial charge is 0.504 e. The van der Waals surface area contributed by atoms with Crippen molar-refractivity contribution in [3.05, 3.63) is 152 Å². The van der Waals surface area contributed by atoms with Crippen molar-refractivity contribution in [3.8, 4) is 73.3 Å². The zero-order valence-corrected chi connectivity index (χ0v) is 29.6. The van der Waals surface area contributed by atoms with Gasteiger partial charge in [-0.15, -0.1) is 0 Å². The second kappa shape index (κ2) is 11.6. The van der Waals surface area contributed by atoms with Gasteiger partial charge in [0.15, 0.2) is 11.5 Å². The molecule has 0 saturated heterocycles. The van der Waals surface area contributed by atoms with Gasteiger partial charge in [-0.1, -0.05) is 146 Å². The second-order valence-electron chi connectivity index (χ2n) is 14.3. The van der Waals surface area contributed by atoms with Gasteiger partial charge in [0.2, 0.25) is 17.2 Å². The van der Waals surface area contributed by atoms with Gasteiger partial charge in [-0.25, -0.2) is 0 Å². The lowest BCUT2D eigenvalue weighted by Crippen LogP contribution is -1.91. The summed E-state index contributed by atoms with van der Waals surface area (Å²) in [6, 6.07) is 52.3. The average molecular weight is 727 g/mol. The van der Waals surface area contributed by atoms with E-state index in [2.05, 4.69) is 109 Å². The van der Waals surface area contributed by atoms with Crippen LogP contribution in [0.15, 0.2) is 156 Å². The number of hydrogen-bond acceptors (Lipinski definition) is 6. The minimum Gasteiger partial charge on any atom is -0.504 e. The number of para-hydroxylation sites is 1. The van der Waals surface area contributed by atoms with E-state index in [1.54, 1.807) is 12.1 Å². The van der Waals surface area contributed by atoms with Gasteiger partial charge in [0.05, 0.1) is 5.56 Å². The van der Waals surface area contributed by atoms with E-state index in [9.17, 15) is 25.5 Å². The molecule has 56 heavy (non-hydrogen) atoms. The molecule has 0 aliphatic heterocycles. The topological polar surface area (TPSA) is 114 Å². The fourth-order valence-corrected chi connectivity index (χ4v) is 8.88. The Bertz CT molecular complexity index is 3390. The van der Waals surface area contributed by atoms with Crippen LogP contribution in [-0.2, 0) is 0 Å². The number of furan rings is 1. The van der Waals surface area contributed by atoms with Crippen LogP contribution in [0.5, 0.6) is 28.7 Å². The van der Waals surface area contributed by atoms with E-state index in [1.165, 1.54) is 43.4 Å². The van der Waals surface area contributed by atoms with E-state index in [4.69, 9.17) is 4.42 Å². The molecule has 0 atom stereocenters. The Morgan fingerprint density at radius 2 is 0.786 bits per heavy atom. The Morgan fingerprint density at radius 3 is 1.46 bits per heavy atom. The lowest BCUT2D eigenvalue weighted by Gasteiger charge is -2.18. The molecule has 0 aliphatic carbocycles. The van der Waals surface area contributed by atoms with Gasteiger partial charge in [0, 0.05) is 16.3 Å². The maximum atomic E-state index is 10.8. The summed E-state index contributed by atoms with van der Waals surface area (Å²) < 4.78 is 6.42. The molecule has 0 aliphatic rings. The highest BCUT2D eigenvalue weighted by molar-refractivity contribution is 6.28. The van der Waals surface area contributed by atoms with Gasteiger partial charge in [0.1, 0.15) is 11.2 Å². The molecule has 10 aromatic carbocycles. The van der Waals surface area contributed by atoms with E-state index in [1.807, 2.05) is 30.3 Å². The smallest absolute Gasteiger partial charge is 0.208 e. The van der Waals surface area contributed by atoms with Crippen LogP contribution in [-0.4, -0.2) is 25.5 Å². The first-order valence-electron chi connectivity index (χ1n) is 18.3. The fourth-order valence-electron chi connectivity index (χ4n) is 8.88. The van der Waals surface area contributed by atoms with E-state index in [0.717, 1.165) is 38.4 Å². The van der Waals surface area contributed by atoms with Crippen LogP contribution in [0.3, 0.4) is 0 Å². The van der Waals surface area contributed by atoms with Gasteiger partial charge < -0.3 is 29.9 Å². The Morgan fingerprint density at radius 1 is 0.304 bits per heavy atom. The van der Waals surface area contributed by atoms with Crippen LogP contribution in [0.2, 0.25) is 0 Å². The Kier molecular flexibility index (Phi) is 6.61. The van der Waals surface area contributed by atoms with E-state index >= 15 is 0 Å². The lowest BCUT2D eigenvalue weighted by molar-refractivity contribution is 0.330. The first-order chi connectivity index (χ1) is 27.4. The SMILES string of the molecule is Oc1c(O)c(O)c(-c2cccc3c2oc2cccc(-c4ccc(-c5ccc6ccc7c(-c8ccccc8)ccc8ccc5c6c87)c5ccccc45)c23)c(O)c1O. The summed E-state index contributed by atoms with van der Waals surface area (Å²) in [6.07, 6.45) is 0. The van der Waals surface area contributed by atoms with Crippen molar-refractivity contribution in [1.82, 2.24) is 0 Å². The molecule has 266 valence electrons. The van der Waals surface area contributed by atoms with Crippen molar-refractivity contribution < 1.29 is 29.9 Å². The third-order valence-electron chi connectivity index (χ3n) is 11.4. The number of phenolic OH excluding ortho intramolecular Hbond substituents is 5. The molecule has 0 amide bonds.